The lowest BCUT2D eigenvalue weighted by molar-refractivity contribution is -0.151. The molecule has 2 rings (SSSR count). The highest BCUT2D eigenvalue weighted by Gasteiger charge is 2.57. The standard InChI is InChI=1S/C16H27N5O5/c1-9(22)12(13(19)24)20-8-6-16(15(20)26)5-2-7-21(16)14(25)10(17)3-4-11(18)23/h9-10,12,22H,2-8,17H2,1H3,(H2,18,23)(H2,19,24)/t9-,10+,12+,16?/m1/s1. The molecule has 0 aromatic heterocycles. The van der Waals surface area contributed by atoms with E-state index in [1.165, 1.54) is 16.7 Å². The normalized spacial score (nSPS) is 26.2. The number of nitrogens with two attached hydrogens (primary N) is 3. The molecule has 4 amide bonds. The highest BCUT2D eigenvalue weighted by Crippen LogP contribution is 2.40. The third kappa shape index (κ3) is 3.51. The van der Waals surface area contributed by atoms with Gasteiger partial charge in [-0.25, -0.2) is 0 Å². The molecule has 2 heterocycles. The van der Waals surface area contributed by atoms with Crippen molar-refractivity contribution in [1.82, 2.24) is 9.80 Å². The van der Waals surface area contributed by atoms with Crippen LogP contribution in [0.2, 0.25) is 0 Å². The number of primary amides is 2. The van der Waals surface area contributed by atoms with Crippen LogP contribution in [-0.2, 0) is 19.2 Å². The number of hydrogen-bond donors (Lipinski definition) is 4. The summed E-state index contributed by atoms with van der Waals surface area (Å²) in [5, 5.41) is 9.84. The molecule has 1 spiro atoms. The maximum atomic E-state index is 13.1. The summed E-state index contributed by atoms with van der Waals surface area (Å²) in [6.45, 7) is 1.99. The number of nitrogens with zero attached hydrogens (tertiary/aromatic N) is 2. The summed E-state index contributed by atoms with van der Waals surface area (Å²) in [6, 6.07) is -2.06. The van der Waals surface area contributed by atoms with Crippen LogP contribution < -0.4 is 17.2 Å². The van der Waals surface area contributed by atoms with Gasteiger partial charge in [0, 0.05) is 19.5 Å². The van der Waals surface area contributed by atoms with Crippen molar-refractivity contribution in [2.75, 3.05) is 13.1 Å². The maximum absolute atomic E-state index is 13.1. The summed E-state index contributed by atoms with van der Waals surface area (Å²) in [6.07, 6.45) is 0.410. The molecule has 7 N–H and O–H groups in total. The molecule has 4 atom stereocenters. The van der Waals surface area contributed by atoms with E-state index >= 15 is 0 Å². The van der Waals surface area contributed by atoms with Crippen molar-refractivity contribution in [3.05, 3.63) is 0 Å². The van der Waals surface area contributed by atoms with Gasteiger partial charge in [0.2, 0.25) is 23.6 Å². The monoisotopic (exact) mass is 369 g/mol. The Labute approximate surface area is 151 Å². The van der Waals surface area contributed by atoms with Crippen LogP contribution >= 0.6 is 0 Å². The van der Waals surface area contributed by atoms with Gasteiger partial charge < -0.3 is 32.1 Å². The van der Waals surface area contributed by atoms with Gasteiger partial charge in [0.1, 0.15) is 11.6 Å². The van der Waals surface area contributed by atoms with Gasteiger partial charge in [-0.3, -0.25) is 19.2 Å². The minimum absolute atomic E-state index is 0.0143. The first-order valence-corrected chi connectivity index (χ1v) is 8.75. The third-order valence-electron chi connectivity index (χ3n) is 5.28. The van der Waals surface area contributed by atoms with E-state index in [0.29, 0.717) is 25.8 Å². The fourth-order valence-electron chi connectivity index (χ4n) is 4.00. The first kappa shape index (κ1) is 20.1. The predicted octanol–water partition coefficient (Wildman–Crippen LogP) is -2.59. The quantitative estimate of drug-likeness (QED) is 0.383. The van der Waals surface area contributed by atoms with Crippen molar-refractivity contribution in [1.29, 1.82) is 0 Å². The number of carbonyl (C=O) groups excluding carboxylic acids is 4. The molecule has 26 heavy (non-hydrogen) atoms. The van der Waals surface area contributed by atoms with Gasteiger partial charge in [-0.05, 0) is 32.6 Å². The number of rotatable bonds is 7. The van der Waals surface area contributed by atoms with Crippen LogP contribution in [0.3, 0.4) is 0 Å². The average Bonchev–Trinajstić information content (AvgIpc) is 3.11. The molecule has 2 saturated heterocycles. The lowest BCUT2D eigenvalue weighted by Crippen LogP contribution is -2.59. The Kier molecular flexibility index (Phi) is 5.87. The zero-order chi connectivity index (χ0) is 19.6. The van der Waals surface area contributed by atoms with E-state index in [1.54, 1.807) is 0 Å². The van der Waals surface area contributed by atoms with Crippen molar-refractivity contribution in [3.63, 3.8) is 0 Å². The summed E-state index contributed by atoms with van der Waals surface area (Å²) in [7, 11) is 0. The van der Waals surface area contributed by atoms with Crippen LogP contribution in [0, 0.1) is 0 Å². The zero-order valence-corrected chi connectivity index (χ0v) is 14.9. The molecule has 2 fully saturated rings. The second kappa shape index (κ2) is 7.58. The Hall–Kier alpha value is -2.20. The molecule has 0 bridgehead atoms. The third-order valence-corrected chi connectivity index (χ3v) is 5.28. The van der Waals surface area contributed by atoms with E-state index in [9.17, 15) is 24.3 Å². The molecule has 0 aromatic carbocycles. The Morgan fingerprint density at radius 2 is 1.88 bits per heavy atom. The fraction of sp³-hybridized carbons (Fsp3) is 0.750. The van der Waals surface area contributed by atoms with E-state index in [0.717, 1.165) is 0 Å². The molecule has 10 nitrogen and oxygen atoms in total. The summed E-state index contributed by atoms with van der Waals surface area (Å²) in [5.74, 6) is -2.14. The van der Waals surface area contributed by atoms with E-state index in [2.05, 4.69) is 0 Å². The molecule has 0 radical (unpaired) electrons. The molecular weight excluding hydrogens is 342 g/mol. The maximum Gasteiger partial charge on any atom is 0.249 e. The molecule has 2 aliphatic rings. The van der Waals surface area contributed by atoms with Crippen LogP contribution in [0.15, 0.2) is 0 Å². The Morgan fingerprint density at radius 1 is 1.23 bits per heavy atom. The van der Waals surface area contributed by atoms with Gasteiger partial charge >= 0.3 is 0 Å². The van der Waals surface area contributed by atoms with Gasteiger partial charge in [0.05, 0.1) is 12.1 Å². The van der Waals surface area contributed by atoms with Crippen LogP contribution in [-0.4, -0.2) is 75.4 Å². The van der Waals surface area contributed by atoms with Crippen LogP contribution in [0.5, 0.6) is 0 Å². The summed E-state index contributed by atoms with van der Waals surface area (Å²) >= 11 is 0. The number of hydrogen-bond acceptors (Lipinski definition) is 6. The lowest BCUT2D eigenvalue weighted by atomic mass is 9.93. The van der Waals surface area contributed by atoms with Crippen molar-refractivity contribution in [2.45, 2.75) is 62.8 Å². The van der Waals surface area contributed by atoms with Crippen LogP contribution in [0.25, 0.3) is 0 Å². The largest absolute Gasteiger partial charge is 0.391 e. The second-order valence-corrected chi connectivity index (χ2v) is 7.07. The van der Waals surface area contributed by atoms with E-state index in [1.807, 2.05) is 0 Å². The Morgan fingerprint density at radius 3 is 2.42 bits per heavy atom. The minimum atomic E-state index is -1.14. The van der Waals surface area contributed by atoms with Crippen molar-refractivity contribution in [3.8, 4) is 0 Å². The molecule has 146 valence electrons. The number of aliphatic hydroxyl groups excluding tert-OH is 1. The van der Waals surface area contributed by atoms with Crippen LogP contribution in [0.1, 0.15) is 39.0 Å². The second-order valence-electron chi connectivity index (χ2n) is 7.07. The zero-order valence-electron chi connectivity index (χ0n) is 14.9. The summed E-state index contributed by atoms with van der Waals surface area (Å²) in [4.78, 5) is 51.1. The molecular formula is C16H27N5O5. The summed E-state index contributed by atoms with van der Waals surface area (Å²) < 4.78 is 0. The fourth-order valence-corrected chi connectivity index (χ4v) is 4.00. The molecule has 1 unspecified atom stereocenters. The first-order valence-electron chi connectivity index (χ1n) is 8.75. The van der Waals surface area contributed by atoms with E-state index < -0.39 is 47.4 Å². The molecule has 10 heteroatoms. The van der Waals surface area contributed by atoms with Crippen LogP contribution in [0.4, 0.5) is 0 Å². The number of likely N-dealkylation sites (tertiary alicyclic amines) is 2. The first-order chi connectivity index (χ1) is 12.1. The van der Waals surface area contributed by atoms with Crippen molar-refractivity contribution < 1.29 is 24.3 Å². The van der Waals surface area contributed by atoms with Gasteiger partial charge in [-0.2, -0.15) is 0 Å². The van der Waals surface area contributed by atoms with E-state index in [4.69, 9.17) is 17.2 Å². The molecule has 0 aliphatic carbocycles. The average molecular weight is 369 g/mol. The van der Waals surface area contributed by atoms with Gasteiger partial charge in [-0.15, -0.1) is 0 Å². The topological polar surface area (TPSA) is 173 Å². The van der Waals surface area contributed by atoms with Crippen molar-refractivity contribution >= 4 is 23.6 Å². The SMILES string of the molecule is C[C@@H](O)[C@@H](C(N)=O)N1CCC2(CCCN2C(=O)[C@@H](N)CCC(N)=O)C1=O. The highest BCUT2D eigenvalue weighted by molar-refractivity contribution is 5.97. The minimum Gasteiger partial charge on any atom is -0.391 e. The predicted molar refractivity (Wildman–Crippen MR) is 91.1 cm³/mol. The number of carbonyl (C=O) groups is 4. The molecule has 0 saturated carbocycles. The van der Waals surface area contributed by atoms with Gasteiger partial charge in [0.15, 0.2) is 0 Å². The highest BCUT2D eigenvalue weighted by atomic mass is 16.3. The number of amides is 4. The Balaban J connectivity index is 2.20. The van der Waals surface area contributed by atoms with E-state index in [-0.39, 0.29) is 19.4 Å². The summed E-state index contributed by atoms with van der Waals surface area (Å²) in [5.41, 5.74) is 15.3. The Bertz CT molecular complexity index is 610. The lowest BCUT2D eigenvalue weighted by Gasteiger charge is -2.36. The number of aliphatic hydroxyl groups is 1. The smallest absolute Gasteiger partial charge is 0.249 e. The molecule has 0 aromatic rings. The van der Waals surface area contributed by atoms with Gasteiger partial charge in [0.25, 0.3) is 0 Å². The van der Waals surface area contributed by atoms with Gasteiger partial charge in [-0.1, -0.05) is 0 Å². The van der Waals surface area contributed by atoms with Crippen molar-refractivity contribution in [2.24, 2.45) is 17.2 Å². The molecule has 2 aliphatic heterocycles.